The second-order valence-electron chi connectivity index (χ2n) is 3.61. The number of aromatic nitrogens is 2. The van der Waals surface area contributed by atoms with Crippen molar-refractivity contribution in [1.82, 2.24) is 9.97 Å². The standard InChI is InChI=1S/C12H13N3O/c1-8-11(10-6-4-3-5-7-10)15-12(13-8)14-9(2)16/h3-7H,1-2H3,(H2,13,14,15,16). The molecule has 2 rings (SSSR count). The van der Waals surface area contributed by atoms with Crippen molar-refractivity contribution < 1.29 is 4.79 Å². The number of carbonyl (C=O) groups excluding carboxylic acids is 1. The summed E-state index contributed by atoms with van der Waals surface area (Å²) in [6.07, 6.45) is 0. The molecule has 0 saturated carbocycles. The molecule has 4 heteroatoms. The van der Waals surface area contributed by atoms with Gasteiger partial charge in [0.2, 0.25) is 11.9 Å². The van der Waals surface area contributed by atoms with E-state index in [0.717, 1.165) is 17.0 Å². The van der Waals surface area contributed by atoms with Crippen LogP contribution in [0.3, 0.4) is 0 Å². The van der Waals surface area contributed by atoms with Gasteiger partial charge in [-0.2, -0.15) is 0 Å². The number of H-pyrrole nitrogens is 1. The predicted molar refractivity (Wildman–Crippen MR) is 63.1 cm³/mol. The van der Waals surface area contributed by atoms with E-state index in [9.17, 15) is 4.79 Å². The van der Waals surface area contributed by atoms with Gasteiger partial charge in [0, 0.05) is 18.2 Å². The van der Waals surface area contributed by atoms with E-state index in [-0.39, 0.29) is 5.91 Å². The maximum Gasteiger partial charge on any atom is 0.223 e. The Hall–Kier alpha value is -2.10. The molecule has 1 heterocycles. The van der Waals surface area contributed by atoms with Crippen molar-refractivity contribution in [2.45, 2.75) is 13.8 Å². The number of hydrogen-bond donors (Lipinski definition) is 2. The van der Waals surface area contributed by atoms with Crippen LogP contribution in [0.2, 0.25) is 0 Å². The van der Waals surface area contributed by atoms with Gasteiger partial charge in [-0.05, 0) is 6.92 Å². The Morgan fingerprint density at radius 3 is 2.62 bits per heavy atom. The van der Waals surface area contributed by atoms with E-state index < -0.39 is 0 Å². The fraction of sp³-hybridized carbons (Fsp3) is 0.167. The smallest absolute Gasteiger partial charge is 0.223 e. The van der Waals surface area contributed by atoms with Gasteiger partial charge in [-0.1, -0.05) is 30.3 Å². The SMILES string of the molecule is CC(=O)Nc1nc(-c2ccccc2)c(C)[nH]1. The summed E-state index contributed by atoms with van der Waals surface area (Å²) in [6, 6.07) is 9.85. The van der Waals surface area contributed by atoms with E-state index in [2.05, 4.69) is 15.3 Å². The molecule has 2 N–H and O–H groups in total. The molecule has 0 atom stereocenters. The minimum absolute atomic E-state index is 0.131. The van der Waals surface area contributed by atoms with E-state index >= 15 is 0 Å². The van der Waals surface area contributed by atoms with Gasteiger partial charge in [0.05, 0.1) is 5.69 Å². The normalized spacial score (nSPS) is 10.1. The van der Waals surface area contributed by atoms with Gasteiger partial charge in [-0.15, -0.1) is 0 Å². The number of anilines is 1. The third-order valence-corrected chi connectivity index (χ3v) is 2.23. The van der Waals surface area contributed by atoms with Crippen LogP contribution in [0.1, 0.15) is 12.6 Å². The minimum Gasteiger partial charge on any atom is -0.328 e. The first kappa shape index (κ1) is 10.4. The van der Waals surface area contributed by atoms with Crippen molar-refractivity contribution in [1.29, 1.82) is 0 Å². The number of aromatic amines is 1. The summed E-state index contributed by atoms with van der Waals surface area (Å²) < 4.78 is 0. The Labute approximate surface area is 93.7 Å². The summed E-state index contributed by atoms with van der Waals surface area (Å²) in [6.45, 7) is 3.39. The largest absolute Gasteiger partial charge is 0.328 e. The lowest BCUT2D eigenvalue weighted by Gasteiger charge is -1.96. The molecule has 2 aromatic rings. The third-order valence-electron chi connectivity index (χ3n) is 2.23. The lowest BCUT2D eigenvalue weighted by molar-refractivity contribution is -0.114. The van der Waals surface area contributed by atoms with Gasteiger partial charge in [-0.3, -0.25) is 10.1 Å². The summed E-state index contributed by atoms with van der Waals surface area (Å²) in [5, 5.41) is 2.63. The summed E-state index contributed by atoms with van der Waals surface area (Å²) in [5.74, 6) is 0.359. The van der Waals surface area contributed by atoms with Crippen LogP contribution in [0, 0.1) is 6.92 Å². The van der Waals surface area contributed by atoms with Crippen molar-refractivity contribution in [3.8, 4) is 11.3 Å². The fourth-order valence-electron chi connectivity index (χ4n) is 1.56. The second-order valence-corrected chi connectivity index (χ2v) is 3.61. The zero-order valence-corrected chi connectivity index (χ0v) is 9.24. The monoisotopic (exact) mass is 215 g/mol. The zero-order chi connectivity index (χ0) is 11.5. The Kier molecular flexibility index (Phi) is 2.72. The highest BCUT2D eigenvalue weighted by Gasteiger charge is 2.08. The van der Waals surface area contributed by atoms with Gasteiger partial charge in [0.15, 0.2) is 0 Å². The maximum absolute atomic E-state index is 10.9. The molecule has 0 fully saturated rings. The summed E-state index contributed by atoms with van der Waals surface area (Å²) in [4.78, 5) is 18.3. The number of amides is 1. The number of nitrogens with zero attached hydrogens (tertiary/aromatic N) is 1. The fourth-order valence-corrected chi connectivity index (χ4v) is 1.56. The molecule has 0 unspecified atom stereocenters. The zero-order valence-electron chi connectivity index (χ0n) is 9.24. The van der Waals surface area contributed by atoms with E-state index in [4.69, 9.17) is 0 Å². The van der Waals surface area contributed by atoms with Crippen molar-refractivity contribution >= 4 is 11.9 Å². The van der Waals surface area contributed by atoms with E-state index in [1.54, 1.807) is 0 Å². The second kappa shape index (κ2) is 4.18. The van der Waals surface area contributed by atoms with E-state index in [1.807, 2.05) is 37.3 Å². The Bertz CT molecular complexity index is 502. The molecule has 0 bridgehead atoms. The first-order valence-electron chi connectivity index (χ1n) is 5.06. The lowest BCUT2D eigenvalue weighted by Crippen LogP contribution is -2.06. The van der Waals surface area contributed by atoms with Crippen LogP contribution in [0.25, 0.3) is 11.3 Å². The average Bonchev–Trinajstić information content (AvgIpc) is 2.60. The number of carbonyl (C=O) groups is 1. The van der Waals surface area contributed by atoms with Crippen LogP contribution in [0.15, 0.2) is 30.3 Å². The molecule has 1 aromatic heterocycles. The van der Waals surface area contributed by atoms with Gasteiger partial charge in [0.1, 0.15) is 0 Å². The molecule has 0 aliphatic carbocycles. The highest BCUT2D eigenvalue weighted by molar-refractivity contribution is 5.87. The van der Waals surface area contributed by atoms with E-state index in [1.165, 1.54) is 6.92 Å². The van der Waals surface area contributed by atoms with Crippen LogP contribution in [-0.2, 0) is 4.79 Å². The van der Waals surface area contributed by atoms with Crippen LogP contribution >= 0.6 is 0 Å². The molecular weight excluding hydrogens is 202 g/mol. The maximum atomic E-state index is 10.9. The Morgan fingerprint density at radius 1 is 1.31 bits per heavy atom. The van der Waals surface area contributed by atoms with Gasteiger partial charge >= 0.3 is 0 Å². The molecule has 0 aliphatic rings. The van der Waals surface area contributed by atoms with Crippen molar-refractivity contribution in [3.05, 3.63) is 36.0 Å². The average molecular weight is 215 g/mol. The van der Waals surface area contributed by atoms with Crippen LogP contribution in [0.5, 0.6) is 0 Å². The molecule has 4 nitrogen and oxygen atoms in total. The molecule has 0 radical (unpaired) electrons. The molecule has 1 aromatic carbocycles. The Morgan fingerprint density at radius 2 is 2.00 bits per heavy atom. The topological polar surface area (TPSA) is 57.8 Å². The number of rotatable bonds is 2. The van der Waals surface area contributed by atoms with Crippen molar-refractivity contribution in [3.63, 3.8) is 0 Å². The number of nitrogens with one attached hydrogen (secondary N) is 2. The molecule has 0 aliphatic heterocycles. The minimum atomic E-state index is -0.131. The number of imidazole rings is 1. The van der Waals surface area contributed by atoms with Crippen molar-refractivity contribution in [2.75, 3.05) is 5.32 Å². The molecule has 1 amide bonds. The molecule has 16 heavy (non-hydrogen) atoms. The highest BCUT2D eigenvalue weighted by atomic mass is 16.1. The molecule has 0 spiro atoms. The summed E-state index contributed by atoms with van der Waals surface area (Å²) >= 11 is 0. The van der Waals surface area contributed by atoms with E-state index in [0.29, 0.717) is 5.95 Å². The predicted octanol–water partition coefficient (Wildman–Crippen LogP) is 2.34. The molecule has 82 valence electrons. The first-order valence-corrected chi connectivity index (χ1v) is 5.06. The number of aryl methyl sites for hydroxylation is 1. The van der Waals surface area contributed by atoms with Gasteiger partial charge < -0.3 is 4.98 Å². The van der Waals surface area contributed by atoms with Gasteiger partial charge in [-0.25, -0.2) is 4.98 Å². The Balaban J connectivity index is 2.36. The first-order chi connectivity index (χ1) is 7.66. The van der Waals surface area contributed by atoms with Crippen LogP contribution in [0.4, 0.5) is 5.95 Å². The lowest BCUT2D eigenvalue weighted by atomic mass is 10.1. The van der Waals surface area contributed by atoms with Crippen LogP contribution in [-0.4, -0.2) is 15.9 Å². The number of benzene rings is 1. The van der Waals surface area contributed by atoms with Crippen LogP contribution < -0.4 is 5.32 Å². The number of hydrogen-bond acceptors (Lipinski definition) is 2. The highest BCUT2D eigenvalue weighted by Crippen LogP contribution is 2.22. The third kappa shape index (κ3) is 2.11. The van der Waals surface area contributed by atoms with Gasteiger partial charge in [0.25, 0.3) is 0 Å². The summed E-state index contributed by atoms with van der Waals surface area (Å²) in [5.41, 5.74) is 2.84. The summed E-state index contributed by atoms with van der Waals surface area (Å²) in [7, 11) is 0. The molecular formula is C12H13N3O. The van der Waals surface area contributed by atoms with Crippen molar-refractivity contribution in [2.24, 2.45) is 0 Å². The molecule has 0 saturated heterocycles. The quantitative estimate of drug-likeness (QED) is 0.807.